The number of methoxy groups -OCH3 is 1. The largest absolute Gasteiger partial charge is 0.384 e. The van der Waals surface area contributed by atoms with Gasteiger partial charge in [-0.05, 0) is 51.3 Å². The Balaban J connectivity index is 1.61. The zero-order valence-corrected chi connectivity index (χ0v) is 17.0. The number of benzene rings is 1. The number of carbonyl (C=O) groups is 1. The van der Waals surface area contributed by atoms with Crippen LogP contribution in [0.3, 0.4) is 0 Å². The normalized spacial score (nSPS) is 17.1. The third-order valence-electron chi connectivity index (χ3n) is 5.38. The second kappa shape index (κ2) is 8.24. The Morgan fingerprint density at radius 3 is 2.76 bits per heavy atom. The third kappa shape index (κ3) is 3.98. The van der Waals surface area contributed by atoms with E-state index in [2.05, 4.69) is 20.1 Å². The van der Waals surface area contributed by atoms with E-state index >= 15 is 0 Å². The van der Waals surface area contributed by atoms with Crippen LogP contribution < -0.4 is 0 Å². The van der Waals surface area contributed by atoms with Crippen molar-refractivity contribution in [1.82, 2.24) is 25.0 Å². The molecule has 1 atom stereocenters. The van der Waals surface area contributed by atoms with Gasteiger partial charge in [-0.1, -0.05) is 5.16 Å². The molecule has 1 aliphatic heterocycles. The zero-order chi connectivity index (χ0) is 20.4. The molecule has 0 radical (unpaired) electrons. The summed E-state index contributed by atoms with van der Waals surface area (Å²) in [7, 11) is 1.64. The monoisotopic (exact) mass is 395 g/mol. The summed E-state index contributed by atoms with van der Waals surface area (Å²) in [6, 6.07) is 5.29. The molecule has 3 heterocycles. The molecule has 1 fully saturated rings. The number of aromatic nitrogens is 4. The van der Waals surface area contributed by atoms with E-state index in [0.29, 0.717) is 36.9 Å². The highest BCUT2D eigenvalue weighted by atomic mass is 16.5. The lowest BCUT2D eigenvalue weighted by atomic mass is 10.0. The van der Waals surface area contributed by atoms with Crippen molar-refractivity contribution in [2.75, 3.05) is 20.3 Å². The number of piperidine rings is 1. The van der Waals surface area contributed by atoms with Gasteiger partial charge in [0, 0.05) is 25.6 Å². The number of carbonyl (C=O) groups excluding carboxylic acids is 1. The van der Waals surface area contributed by atoms with Gasteiger partial charge in [0.15, 0.2) is 5.82 Å². The molecule has 0 N–H and O–H groups in total. The molecule has 1 saturated heterocycles. The summed E-state index contributed by atoms with van der Waals surface area (Å²) in [5, 5.41) is 4.03. The topological polar surface area (TPSA) is 94.2 Å². The maximum absolute atomic E-state index is 13.3. The number of amides is 1. The van der Waals surface area contributed by atoms with E-state index in [9.17, 15) is 4.79 Å². The van der Waals surface area contributed by atoms with Crippen LogP contribution in [0.25, 0.3) is 11.0 Å². The summed E-state index contributed by atoms with van der Waals surface area (Å²) in [6.45, 7) is 5.05. The number of rotatable bonds is 5. The smallest absolute Gasteiger partial charge is 0.254 e. The highest BCUT2D eigenvalue weighted by Crippen LogP contribution is 2.31. The van der Waals surface area contributed by atoms with E-state index in [1.54, 1.807) is 7.11 Å². The van der Waals surface area contributed by atoms with Crippen LogP contribution in [0.5, 0.6) is 0 Å². The molecule has 1 unspecified atom stereocenters. The number of hydrogen-bond donors (Lipinski definition) is 0. The average molecular weight is 395 g/mol. The van der Waals surface area contributed by atoms with Gasteiger partial charge in [0.05, 0.1) is 29.0 Å². The number of nitrogens with zero attached hydrogens (tertiary/aromatic N) is 5. The number of likely N-dealkylation sites (tertiary alicyclic amines) is 1. The molecular weight excluding hydrogens is 370 g/mol. The van der Waals surface area contributed by atoms with Crippen LogP contribution in [-0.4, -0.2) is 51.2 Å². The van der Waals surface area contributed by atoms with Gasteiger partial charge in [0.1, 0.15) is 6.04 Å². The van der Waals surface area contributed by atoms with Crippen molar-refractivity contribution in [3.63, 3.8) is 0 Å². The Morgan fingerprint density at radius 2 is 1.97 bits per heavy atom. The molecule has 0 aliphatic carbocycles. The number of hydrogen-bond acceptors (Lipinski definition) is 7. The minimum atomic E-state index is -0.207. The first kappa shape index (κ1) is 19.4. The van der Waals surface area contributed by atoms with E-state index in [-0.39, 0.29) is 11.9 Å². The maximum Gasteiger partial charge on any atom is 0.254 e. The molecule has 0 spiro atoms. The minimum Gasteiger partial charge on any atom is -0.384 e. The standard InChI is InChI=1S/C21H25N5O3/c1-13-14(2)23-17-12-15(7-8-16(17)22-13)21(27)26-10-5-4-6-18(26)20-24-19(25-29-20)9-11-28-3/h7-8,12,18H,4-6,9-11H2,1-3H3. The van der Waals surface area contributed by atoms with Crippen LogP contribution >= 0.6 is 0 Å². The van der Waals surface area contributed by atoms with Gasteiger partial charge in [-0.2, -0.15) is 4.98 Å². The van der Waals surface area contributed by atoms with Gasteiger partial charge in [0.2, 0.25) is 5.89 Å². The SMILES string of the molecule is COCCc1noc(C2CCCCN2C(=O)c2ccc3nc(C)c(C)nc3c2)n1. The summed E-state index contributed by atoms with van der Waals surface area (Å²) in [6.07, 6.45) is 3.37. The first-order valence-electron chi connectivity index (χ1n) is 9.94. The van der Waals surface area contributed by atoms with Crippen molar-refractivity contribution in [2.45, 2.75) is 45.6 Å². The van der Waals surface area contributed by atoms with Gasteiger partial charge in [-0.15, -0.1) is 0 Å². The van der Waals surface area contributed by atoms with Crippen LogP contribution in [0.15, 0.2) is 22.7 Å². The first-order valence-corrected chi connectivity index (χ1v) is 9.94. The molecule has 3 aromatic rings. The van der Waals surface area contributed by atoms with E-state index in [1.165, 1.54) is 0 Å². The van der Waals surface area contributed by atoms with Gasteiger partial charge in [-0.3, -0.25) is 4.79 Å². The van der Waals surface area contributed by atoms with E-state index < -0.39 is 0 Å². The Morgan fingerprint density at radius 1 is 1.17 bits per heavy atom. The Bertz CT molecular complexity index is 1030. The van der Waals surface area contributed by atoms with Crippen molar-refractivity contribution in [3.8, 4) is 0 Å². The van der Waals surface area contributed by atoms with E-state index in [1.807, 2.05) is 36.9 Å². The maximum atomic E-state index is 13.3. The average Bonchev–Trinajstić information content (AvgIpc) is 3.21. The third-order valence-corrected chi connectivity index (χ3v) is 5.38. The van der Waals surface area contributed by atoms with Gasteiger partial charge < -0.3 is 14.2 Å². The van der Waals surface area contributed by atoms with Crippen molar-refractivity contribution in [3.05, 3.63) is 46.9 Å². The lowest BCUT2D eigenvalue weighted by molar-refractivity contribution is 0.0561. The molecule has 8 nitrogen and oxygen atoms in total. The van der Waals surface area contributed by atoms with E-state index in [0.717, 1.165) is 41.7 Å². The predicted octanol–water partition coefficient (Wildman–Crippen LogP) is 3.19. The zero-order valence-electron chi connectivity index (χ0n) is 17.0. The molecule has 1 aromatic carbocycles. The second-order valence-corrected chi connectivity index (χ2v) is 7.40. The van der Waals surface area contributed by atoms with Crippen molar-refractivity contribution >= 4 is 16.9 Å². The lowest BCUT2D eigenvalue weighted by Gasteiger charge is -2.33. The van der Waals surface area contributed by atoms with E-state index in [4.69, 9.17) is 9.26 Å². The predicted molar refractivity (Wildman–Crippen MR) is 107 cm³/mol. The molecule has 1 amide bonds. The van der Waals surface area contributed by atoms with Crippen LogP contribution in [0.1, 0.15) is 58.8 Å². The number of fused-ring (bicyclic) bond motifs is 1. The molecule has 4 rings (SSSR count). The fourth-order valence-corrected chi connectivity index (χ4v) is 3.66. The molecule has 8 heteroatoms. The van der Waals surface area contributed by atoms with Crippen molar-refractivity contribution < 1.29 is 14.1 Å². The Hall–Kier alpha value is -2.87. The number of ether oxygens (including phenoxy) is 1. The quantitative estimate of drug-likeness (QED) is 0.655. The summed E-state index contributed by atoms with van der Waals surface area (Å²) in [4.78, 5) is 28.8. The fraction of sp³-hybridized carbons (Fsp3) is 0.476. The summed E-state index contributed by atoms with van der Waals surface area (Å²) in [5.74, 6) is 1.05. The summed E-state index contributed by atoms with van der Waals surface area (Å²) < 4.78 is 10.6. The molecule has 1 aliphatic rings. The summed E-state index contributed by atoms with van der Waals surface area (Å²) in [5.41, 5.74) is 3.88. The Labute approximate surface area is 169 Å². The van der Waals surface area contributed by atoms with Crippen LogP contribution in [0.2, 0.25) is 0 Å². The molecule has 29 heavy (non-hydrogen) atoms. The van der Waals surface area contributed by atoms with Gasteiger partial charge in [0.25, 0.3) is 5.91 Å². The Kier molecular flexibility index (Phi) is 5.53. The summed E-state index contributed by atoms with van der Waals surface area (Å²) >= 11 is 0. The highest BCUT2D eigenvalue weighted by Gasteiger charge is 2.32. The molecule has 0 bridgehead atoms. The lowest BCUT2D eigenvalue weighted by Crippen LogP contribution is -2.38. The second-order valence-electron chi connectivity index (χ2n) is 7.40. The van der Waals surface area contributed by atoms with Crippen LogP contribution in [0, 0.1) is 13.8 Å². The molecule has 2 aromatic heterocycles. The molecule has 0 saturated carbocycles. The minimum absolute atomic E-state index is 0.0479. The van der Waals surface area contributed by atoms with Gasteiger partial charge >= 0.3 is 0 Å². The molecule has 152 valence electrons. The van der Waals surface area contributed by atoms with Crippen LogP contribution in [-0.2, 0) is 11.2 Å². The van der Waals surface area contributed by atoms with Gasteiger partial charge in [-0.25, -0.2) is 9.97 Å². The van der Waals surface area contributed by atoms with Crippen molar-refractivity contribution in [2.24, 2.45) is 0 Å². The highest BCUT2D eigenvalue weighted by molar-refractivity contribution is 5.97. The molecular formula is C21H25N5O3. The number of aryl methyl sites for hydroxylation is 2. The van der Waals surface area contributed by atoms with Crippen LogP contribution in [0.4, 0.5) is 0 Å². The first-order chi connectivity index (χ1) is 14.1. The fourth-order valence-electron chi connectivity index (χ4n) is 3.66. The van der Waals surface area contributed by atoms with Crippen molar-refractivity contribution in [1.29, 1.82) is 0 Å².